The van der Waals surface area contributed by atoms with Crippen LogP contribution in [-0.4, -0.2) is 32.1 Å². The zero-order valence-electron chi connectivity index (χ0n) is 15.6. The van der Waals surface area contributed by atoms with E-state index in [9.17, 15) is 9.59 Å². The van der Waals surface area contributed by atoms with Crippen LogP contribution in [0.15, 0.2) is 42.5 Å². The maximum Gasteiger partial charge on any atom is 0.259 e. The lowest BCUT2D eigenvalue weighted by atomic mass is 10.1. The van der Waals surface area contributed by atoms with Crippen LogP contribution in [0.1, 0.15) is 28.8 Å². The number of methoxy groups -OCH3 is 1. The standard InChI is InChI=1S/C21H24N2O4/c1-14-17(22-20(24)15-10-11-15)7-5-8-18(14)23-21(25)16-6-3-4-9-19(16)27-13-12-26-2/h3-9,15H,10-13H2,1-2H3,(H,22,24)(H,23,25). The maximum absolute atomic E-state index is 12.8. The van der Waals surface area contributed by atoms with Gasteiger partial charge in [-0.2, -0.15) is 0 Å². The summed E-state index contributed by atoms with van der Waals surface area (Å²) in [4.78, 5) is 24.8. The normalized spacial score (nSPS) is 13.1. The molecule has 142 valence electrons. The van der Waals surface area contributed by atoms with Crippen molar-refractivity contribution in [3.05, 3.63) is 53.6 Å². The summed E-state index contributed by atoms with van der Waals surface area (Å²) in [5.41, 5.74) is 2.63. The molecule has 2 amide bonds. The van der Waals surface area contributed by atoms with E-state index in [1.165, 1.54) is 0 Å². The van der Waals surface area contributed by atoms with Crippen molar-refractivity contribution in [2.24, 2.45) is 5.92 Å². The molecule has 0 heterocycles. The molecule has 0 aromatic heterocycles. The third-order valence-electron chi connectivity index (χ3n) is 4.46. The van der Waals surface area contributed by atoms with Crippen LogP contribution in [0.3, 0.4) is 0 Å². The quantitative estimate of drug-likeness (QED) is 0.698. The van der Waals surface area contributed by atoms with Gasteiger partial charge in [-0.05, 0) is 49.6 Å². The number of benzene rings is 2. The maximum atomic E-state index is 12.8. The molecule has 0 saturated heterocycles. The van der Waals surface area contributed by atoms with Gasteiger partial charge < -0.3 is 20.1 Å². The first-order chi connectivity index (χ1) is 13.1. The van der Waals surface area contributed by atoms with E-state index in [-0.39, 0.29) is 17.7 Å². The number of anilines is 2. The van der Waals surface area contributed by atoms with E-state index in [0.29, 0.717) is 35.9 Å². The summed E-state index contributed by atoms with van der Waals surface area (Å²) >= 11 is 0. The van der Waals surface area contributed by atoms with Gasteiger partial charge in [0.1, 0.15) is 12.4 Å². The molecule has 0 bridgehead atoms. The van der Waals surface area contributed by atoms with E-state index in [2.05, 4.69) is 10.6 Å². The van der Waals surface area contributed by atoms with Crippen LogP contribution in [0.4, 0.5) is 11.4 Å². The molecule has 2 aromatic carbocycles. The monoisotopic (exact) mass is 368 g/mol. The van der Waals surface area contributed by atoms with Gasteiger partial charge in [0.2, 0.25) is 5.91 Å². The Hall–Kier alpha value is -2.86. The molecule has 1 aliphatic rings. The molecule has 3 rings (SSSR count). The minimum absolute atomic E-state index is 0.0402. The summed E-state index contributed by atoms with van der Waals surface area (Å²) in [7, 11) is 1.60. The largest absolute Gasteiger partial charge is 0.490 e. The molecule has 6 heteroatoms. The molecule has 1 fully saturated rings. The third kappa shape index (κ3) is 4.86. The van der Waals surface area contributed by atoms with Crippen LogP contribution in [0.2, 0.25) is 0 Å². The van der Waals surface area contributed by atoms with Crippen molar-refractivity contribution >= 4 is 23.2 Å². The smallest absolute Gasteiger partial charge is 0.259 e. The fourth-order valence-corrected chi connectivity index (χ4v) is 2.69. The minimum Gasteiger partial charge on any atom is -0.490 e. The van der Waals surface area contributed by atoms with Crippen molar-refractivity contribution in [2.45, 2.75) is 19.8 Å². The number of para-hydroxylation sites is 1. The summed E-state index contributed by atoms with van der Waals surface area (Å²) in [6.45, 7) is 2.68. The SMILES string of the molecule is COCCOc1ccccc1C(=O)Nc1cccc(NC(=O)C2CC2)c1C. The van der Waals surface area contributed by atoms with Crippen molar-refractivity contribution in [3.8, 4) is 5.75 Å². The number of amides is 2. The second kappa shape index (κ2) is 8.68. The average molecular weight is 368 g/mol. The highest BCUT2D eigenvalue weighted by molar-refractivity contribution is 6.07. The first-order valence-corrected chi connectivity index (χ1v) is 9.02. The van der Waals surface area contributed by atoms with Crippen molar-refractivity contribution < 1.29 is 19.1 Å². The van der Waals surface area contributed by atoms with Gasteiger partial charge >= 0.3 is 0 Å². The molecule has 0 spiro atoms. The molecule has 1 saturated carbocycles. The van der Waals surface area contributed by atoms with E-state index >= 15 is 0 Å². The lowest BCUT2D eigenvalue weighted by Gasteiger charge is -2.15. The molecule has 0 unspecified atom stereocenters. The minimum atomic E-state index is -0.267. The predicted octanol–water partition coefficient (Wildman–Crippen LogP) is 3.62. The van der Waals surface area contributed by atoms with E-state index < -0.39 is 0 Å². The Kier molecular flexibility index (Phi) is 6.08. The first kappa shape index (κ1) is 18.9. The molecule has 1 aliphatic carbocycles. The van der Waals surface area contributed by atoms with Crippen LogP contribution in [0.25, 0.3) is 0 Å². The summed E-state index contributed by atoms with van der Waals surface area (Å²) in [5.74, 6) is 0.400. The van der Waals surface area contributed by atoms with Crippen molar-refractivity contribution in [1.82, 2.24) is 0 Å². The van der Waals surface area contributed by atoms with E-state index in [4.69, 9.17) is 9.47 Å². The number of carbonyl (C=O) groups is 2. The highest BCUT2D eigenvalue weighted by Gasteiger charge is 2.29. The Morgan fingerprint density at radius 3 is 2.41 bits per heavy atom. The topological polar surface area (TPSA) is 76.7 Å². The lowest BCUT2D eigenvalue weighted by Crippen LogP contribution is -2.17. The van der Waals surface area contributed by atoms with Gasteiger partial charge in [-0.25, -0.2) is 0 Å². The molecular formula is C21H24N2O4. The number of nitrogens with one attached hydrogen (secondary N) is 2. The molecule has 27 heavy (non-hydrogen) atoms. The number of hydrogen-bond donors (Lipinski definition) is 2. The Morgan fingerprint density at radius 2 is 1.70 bits per heavy atom. The zero-order valence-corrected chi connectivity index (χ0v) is 15.6. The summed E-state index contributed by atoms with van der Waals surface area (Å²) in [6, 6.07) is 12.5. The number of rotatable bonds is 8. The van der Waals surface area contributed by atoms with Crippen molar-refractivity contribution in [2.75, 3.05) is 31.0 Å². The summed E-state index contributed by atoms with van der Waals surface area (Å²) < 4.78 is 10.6. The van der Waals surface area contributed by atoms with Crippen LogP contribution < -0.4 is 15.4 Å². The Balaban J connectivity index is 1.73. The van der Waals surface area contributed by atoms with Gasteiger partial charge in [-0.3, -0.25) is 9.59 Å². The van der Waals surface area contributed by atoms with Crippen molar-refractivity contribution in [1.29, 1.82) is 0 Å². The number of ether oxygens (including phenoxy) is 2. The van der Waals surface area contributed by atoms with Gasteiger partial charge in [0.25, 0.3) is 5.91 Å². The molecule has 0 aliphatic heterocycles. The fraction of sp³-hybridized carbons (Fsp3) is 0.333. The highest BCUT2D eigenvalue weighted by Crippen LogP contribution is 2.32. The van der Waals surface area contributed by atoms with Crippen molar-refractivity contribution in [3.63, 3.8) is 0 Å². The molecule has 2 aromatic rings. The molecule has 2 N–H and O–H groups in total. The Labute approximate surface area is 158 Å². The Morgan fingerprint density at radius 1 is 1.00 bits per heavy atom. The first-order valence-electron chi connectivity index (χ1n) is 9.02. The fourth-order valence-electron chi connectivity index (χ4n) is 2.69. The molecule has 0 radical (unpaired) electrons. The van der Waals surface area contributed by atoms with Gasteiger partial charge in [0, 0.05) is 24.4 Å². The molecular weight excluding hydrogens is 344 g/mol. The highest BCUT2D eigenvalue weighted by atomic mass is 16.5. The van der Waals surface area contributed by atoms with Crippen LogP contribution in [0.5, 0.6) is 5.75 Å². The van der Waals surface area contributed by atoms with E-state index in [1.54, 1.807) is 25.3 Å². The number of carbonyl (C=O) groups excluding carboxylic acids is 2. The van der Waals surface area contributed by atoms with Crippen LogP contribution >= 0.6 is 0 Å². The summed E-state index contributed by atoms with van der Waals surface area (Å²) in [5, 5.41) is 5.86. The summed E-state index contributed by atoms with van der Waals surface area (Å²) in [6.07, 6.45) is 1.89. The van der Waals surface area contributed by atoms with E-state index in [0.717, 1.165) is 18.4 Å². The third-order valence-corrected chi connectivity index (χ3v) is 4.46. The zero-order chi connectivity index (χ0) is 19.2. The Bertz CT molecular complexity index is 831. The van der Waals surface area contributed by atoms with Crippen LogP contribution in [-0.2, 0) is 9.53 Å². The van der Waals surface area contributed by atoms with Gasteiger partial charge in [0.05, 0.1) is 12.2 Å². The molecule has 6 nitrogen and oxygen atoms in total. The molecule has 0 atom stereocenters. The van der Waals surface area contributed by atoms with E-state index in [1.807, 2.05) is 31.2 Å². The average Bonchev–Trinajstić information content (AvgIpc) is 3.51. The van der Waals surface area contributed by atoms with Gasteiger partial charge in [-0.1, -0.05) is 18.2 Å². The predicted molar refractivity (Wildman–Crippen MR) is 104 cm³/mol. The lowest BCUT2D eigenvalue weighted by molar-refractivity contribution is -0.117. The second-order valence-corrected chi connectivity index (χ2v) is 6.53. The van der Waals surface area contributed by atoms with Gasteiger partial charge in [-0.15, -0.1) is 0 Å². The van der Waals surface area contributed by atoms with Crippen LogP contribution in [0, 0.1) is 12.8 Å². The number of hydrogen-bond acceptors (Lipinski definition) is 4. The second-order valence-electron chi connectivity index (χ2n) is 6.53. The van der Waals surface area contributed by atoms with Gasteiger partial charge in [0.15, 0.2) is 0 Å².